The van der Waals surface area contributed by atoms with Gasteiger partial charge in [0.2, 0.25) is 5.91 Å². The first-order valence-electron chi connectivity index (χ1n) is 5.69. The van der Waals surface area contributed by atoms with E-state index in [0.717, 1.165) is 18.2 Å². The summed E-state index contributed by atoms with van der Waals surface area (Å²) >= 11 is 0. The molecule has 0 aliphatic rings. The molecule has 0 aliphatic heterocycles. The molecule has 1 atom stereocenters. The summed E-state index contributed by atoms with van der Waals surface area (Å²) in [6.45, 7) is 1.78. The van der Waals surface area contributed by atoms with E-state index >= 15 is 0 Å². The molecule has 0 saturated heterocycles. The first kappa shape index (κ1) is 14.1. The third-order valence-electron chi connectivity index (χ3n) is 2.53. The maximum Gasteiger partial charge on any atom is 0.221 e. The minimum Gasteiger partial charge on any atom is -0.340 e. The molecule has 1 N–H and O–H groups in total. The summed E-state index contributed by atoms with van der Waals surface area (Å²) in [4.78, 5) is 11.5. The van der Waals surface area contributed by atoms with Gasteiger partial charge in [-0.15, -0.1) is 0 Å². The minimum absolute atomic E-state index is 0.0263. The second-order valence-corrected chi connectivity index (χ2v) is 3.89. The summed E-state index contributed by atoms with van der Waals surface area (Å²) in [6.07, 6.45) is 0.645. The molecule has 0 radical (unpaired) electrons. The Labute approximate surface area is 104 Å². The van der Waals surface area contributed by atoms with Crippen LogP contribution in [0, 0.1) is 23.0 Å². The zero-order valence-corrected chi connectivity index (χ0v) is 10.0. The molecule has 1 rings (SSSR count). The quantitative estimate of drug-likeness (QED) is 0.874. The zero-order valence-electron chi connectivity index (χ0n) is 10.0. The first-order chi connectivity index (χ1) is 8.56. The fourth-order valence-corrected chi connectivity index (χ4v) is 1.48. The van der Waals surface area contributed by atoms with Gasteiger partial charge in [0.05, 0.1) is 6.07 Å². The summed E-state index contributed by atoms with van der Waals surface area (Å²) in [5, 5.41) is 11.2. The van der Waals surface area contributed by atoms with E-state index in [9.17, 15) is 13.6 Å². The first-order valence-corrected chi connectivity index (χ1v) is 5.69. The van der Waals surface area contributed by atoms with Crippen LogP contribution < -0.4 is 5.32 Å². The van der Waals surface area contributed by atoms with Gasteiger partial charge in [-0.05, 0) is 36.6 Å². The predicted octanol–water partition coefficient (Wildman–Crippen LogP) is 2.32. The van der Waals surface area contributed by atoms with Crippen molar-refractivity contribution in [2.24, 2.45) is 0 Å². The number of carbonyl (C=O) groups excluding carboxylic acids is 1. The van der Waals surface area contributed by atoms with E-state index in [1.165, 1.54) is 0 Å². The molecule has 0 bridgehead atoms. The van der Waals surface area contributed by atoms with E-state index in [1.807, 2.05) is 6.07 Å². The Hall–Kier alpha value is -1.96. The molecule has 1 aromatic carbocycles. The third kappa shape index (κ3) is 4.13. The number of nitrogens with one attached hydrogen (secondary N) is 1. The summed E-state index contributed by atoms with van der Waals surface area (Å²) in [5.74, 6) is -1.40. The fraction of sp³-hybridized carbons (Fsp3) is 0.385. The Morgan fingerprint density at radius 1 is 1.50 bits per heavy atom. The molecule has 0 saturated carbocycles. The van der Waals surface area contributed by atoms with Crippen molar-refractivity contribution in [3.05, 3.63) is 35.4 Å². The molecule has 0 heterocycles. The standard InChI is InChI=1S/C13H14F2N2O/c1-2-11(8-16)17-13(18)6-3-9-7-10(14)4-5-12(9)15/h4-5,7,11H,2-3,6H2,1H3,(H,17,18). The molecule has 96 valence electrons. The normalized spacial score (nSPS) is 11.7. The van der Waals surface area contributed by atoms with Gasteiger partial charge in [0, 0.05) is 6.42 Å². The topological polar surface area (TPSA) is 52.9 Å². The minimum atomic E-state index is -0.533. The highest BCUT2D eigenvalue weighted by molar-refractivity contribution is 5.76. The second kappa shape index (κ2) is 6.70. The number of amides is 1. The number of nitriles is 1. The third-order valence-corrected chi connectivity index (χ3v) is 2.53. The summed E-state index contributed by atoms with van der Waals surface area (Å²) in [6, 6.07) is 4.54. The molecular formula is C13H14F2N2O. The number of benzene rings is 1. The van der Waals surface area contributed by atoms with Crippen LogP contribution >= 0.6 is 0 Å². The molecule has 0 fully saturated rings. The maximum absolute atomic E-state index is 13.3. The fourth-order valence-electron chi connectivity index (χ4n) is 1.48. The Kier molecular flexibility index (Phi) is 5.25. The number of carbonyl (C=O) groups is 1. The van der Waals surface area contributed by atoms with Crippen LogP contribution in [0.1, 0.15) is 25.3 Å². The Morgan fingerprint density at radius 2 is 2.22 bits per heavy atom. The summed E-state index contributed by atoms with van der Waals surface area (Å²) in [5.41, 5.74) is 0.162. The maximum atomic E-state index is 13.3. The molecule has 0 spiro atoms. The Morgan fingerprint density at radius 3 is 2.83 bits per heavy atom. The highest BCUT2D eigenvalue weighted by Gasteiger charge is 2.11. The van der Waals surface area contributed by atoms with Crippen molar-refractivity contribution in [3.8, 4) is 6.07 Å². The number of aryl methyl sites for hydroxylation is 1. The van der Waals surface area contributed by atoms with Crippen molar-refractivity contribution >= 4 is 5.91 Å². The average Bonchev–Trinajstić information content (AvgIpc) is 2.37. The van der Waals surface area contributed by atoms with Gasteiger partial charge in [-0.25, -0.2) is 8.78 Å². The van der Waals surface area contributed by atoms with Crippen LogP contribution in [0.3, 0.4) is 0 Å². The van der Waals surface area contributed by atoms with E-state index in [-0.39, 0.29) is 24.3 Å². The van der Waals surface area contributed by atoms with Gasteiger partial charge in [0.15, 0.2) is 0 Å². The highest BCUT2D eigenvalue weighted by atomic mass is 19.1. The molecule has 0 aromatic heterocycles. The van der Waals surface area contributed by atoms with E-state index < -0.39 is 17.7 Å². The average molecular weight is 252 g/mol. The summed E-state index contributed by atoms with van der Waals surface area (Å²) in [7, 11) is 0. The van der Waals surface area contributed by atoms with Gasteiger partial charge >= 0.3 is 0 Å². The van der Waals surface area contributed by atoms with Gasteiger partial charge in [0.1, 0.15) is 17.7 Å². The van der Waals surface area contributed by atoms with Gasteiger partial charge in [-0.2, -0.15) is 5.26 Å². The van der Waals surface area contributed by atoms with Crippen molar-refractivity contribution in [3.63, 3.8) is 0 Å². The predicted molar refractivity (Wildman–Crippen MR) is 62.5 cm³/mol. The number of hydrogen-bond acceptors (Lipinski definition) is 2. The van der Waals surface area contributed by atoms with Gasteiger partial charge in [0.25, 0.3) is 0 Å². The van der Waals surface area contributed by atoms with E-state index in [4.69, 9.17) is 5.26 Å². The number of halogens is 2. The molecule has 5 heteroatoms. The van der Waals surface area contributed by atoms with Crippen molar-refractivity contribution in [1.82, 2.24) is 5.32 Å². The highest BCUT2D eigenvalue weighted by Crippen LogP contribution is 2.11. The van der Waals surface area contributed by atoms with Crippen molar-refractivity contribution in [2.75, 3.05) is 0 Å². The van der Waals surface area contributed by atoms with Crippen molar-refractivity contribution < 1.29 is 13.6 Å². The molecule has 0 aliphatic carbocycles. The largest absolute Gasteiger partial charge is 0.340 e. The van der Waals surface area contributed by atoms with Crippen molar-refractivity contribution in [1.29, 1.82) is 5.26 Å². The molecule has 1 unspecified atom stereocenters. The Bertz CT molecular complexity index is 469. The van der Waals surface area contributed by atoms with Gasteiger partial charge in [-0.1, -0.05) is 6.92 Å². The zero-order chi connectivity index (χ0) is 13.5. The van der Waals surface area contributed by atoms with Crippen LogP contribution in [0.4, 0.5) is 8.78 Å². The number of hydrogen-bond donors (Lipinski definition) is 1. The van der Waals surface area contributed by atoms with Crippen LogP contribution in [0.2, 0.25) is 0 Å². The lowest BCUT2D eigenvalue weighted by Gasteiger charge is -2.09. The Balaban J connectivity index is 2.53. The van der Waals surface area contributed by atoms with E-state index in [1.54, 1.807) is 6.92 Å². The molecule has 1 aromatic rings. The van der Waals surface area contributed by atoms with Crippen LogP contribution in [-0.4, -0.2) is 11.9 Å². The lowest BCUT2D eigenvalue weighted by atomic mass is 10.1. The van der Waals surface area contributed by atoms with Crippen LogP contribution in [0.5, 0.6) is 0 Å². The molecule has 3 nitrogen and oxygen atoms in total. The molecular weight excluding hydrogens is 238 g/mol. The molecule has 18 heavy (non-hydrogen) atoms. The van der Waals surface area contributed by atoms with Gasteiger partial charge in [-0.3, -0.25) is 4.79 Å². The summed E-state index contributed by atoms with van der Waals surface area (Å²) < 4.78 is 26.1. The van der Waals surface area contributed by atoms with Crippen LogP contribution in [-0.2, 0) is 11.2 Å². The van der Waals surface area contributed by atoms with E-state index in [0.29, 0.717) is 6.42 Å². The van der Waals surface area contributed by atoms with Crippen LogP contribution in [0.25, 0.3) is 0 Å². The SMILES string of the molecule is CCC(C#N)NC(=O)CCc1cc(F)ccc1F. The lowest BCUT2D eigenvalue weighted by Crippen LogP contribution is -2.33. The smallest absolute Gasteiger partial charge is 0.221 e. The van der Waals surface area contributed by atoms with Crippen molar-refractivity contribution in [2.45, 2.75) is 32.2 Å². The van der Waals surface area contributed by atoms with Crippen LogP contribution in [0.15, 0.2) is 18.2 Å². The molecule has 1 amide bonds. The lowest BCUT2D eigenvalue weighted by molar-refractivity contribution is -0.121. The van der Waals surface area contributed by atoms with E-state index in [2.05, 4.69) is 5.32 Å². The van der Waals surface area contributed by atoms with Gasteiger partial charge < -0.3 is 5.32 Å². The monoisotopic (exact) mass is 252 g/mol. The second-order valence-electron chi connectivity index (χ2n) is 3.89. The number of rotatable bonds is 5. The number of nitrogens with zero attached hydrogens (tertiary/aromatic N) is 1.